The highest BCUT2D eigenvalue weighted by atomic mass is 35.5. The van der Waals surface area contributed by atoms with E-state index in [2.05, 4.69) is 20.0 Å². The third-order valence-electron chi connectivity index (χ3n) is 5.57. The predicted octanol–water partition coefficient (Wildman–Crippen LogP) is 2.48. The molecule has 2 atom stereocenters. The van der Waals surface area contributed by atoms with E-state index in [1.165, 1.54) is 13.2 Å². The molecule has 37 heavy (non-hydrogen) atoms. The van der Waals surface area contributed by atoms with Gasteiger partial charge >= 0.3 is 6.61 Å². The number of nitrogens with two attached hydrogens (primary N) is 1. The molecule has 0 aromatic heterocycles. The summed E-state index contributed by atoms with van der Waals surface area (Å²) in [6, 6.07) is 4.42. The van der Waals surface area contributed by atoms with Crippen molar-refractivity contribution in [3.63, 3.8) is 0 Å². The summed E-state index contributed by atoms with van der Waals surface area (Å²) < 4.78 is 58.0. The van der Waals surface area contributed by atoms with E-state index in [4.69, 9.17) is 17.3 Å². The molecule has 0 spiro atoms. The Labute approximate surface area is 213 Å². The Morgan fingerprint density at radius 1 is 1.24 bits per heavy atom. The number of ketones is 1. The molecule has 0 saturated carbocycles. The number of ether oxygens (including phenoxy) is 1. The lowest BCUT2D eigenvalue weighted by Gasteiger charge is -2.41. The van der Waals surface area contributed by atoms with Gasteiger partial charge in [0.25, 0.3) is 5.91 Å². The molecule has 1 saturated heterocycles. The second-order valence-corrected chi connectivity index (χ2v) is 8.42. The monoisotopic (exact) mass is 546 g/mol. The van der Waals surface area contributed by atoms with Crippen LogP contribution in [0.5, 0.6) is 5.75 Å². The van der Waals surface area contributed by atoms with Gasteiger partial charge in [0.2, 0.25) is 0 Å². The summed E-state index contributed by atoms with van der Waals surface area (Å²) >= 11 is 5.86. The predicted molar refractivity (Wildman–Crippen MR) is 124 cm³/mol. The number of carbonyl (C=O) groups is 2. The lowest BCUT2D eigenvalue weighted by molar-refractivity contribution is -0.153. The molecule has 1 aliphatic rings. The Morgan fingerprint density at radius 3 is 2.49 bits per heavy atom. The van der Waals surface area contributed by atoms with Gasteiger partial charge in [0.1, 0.15) is 24.5 Å². The maximum absolute atomic E-state index is 14.4. The zero-order valence-corrected chi connectivity index (χ0v) is 20.1. The van der Waals surface area contributed by atoms with Crippen LogP contribution < -0.4 is 15.8 Å². The van der Waals surface area contributed by atoms with Gasteiger partial charge in [0, 0.05) is 29.2 Å². The quantitative estimate of drug-likeness (QED) is 0.171. The normalized spacial score (nSPS) is 16.4. The molecule has 2 aromatic rings. The van der Waals surface area contributed by atoms with Crippen LogP contribution in [-0.2, 0) is 21.0 Å². The fraction of sp³-hybridized carbons (Fsp3) is 0.348. The second-order valence-electron chi connectivity index (χ2n) is 7.98. The number of hydrogen-bond donors (Lipinski definition) is 3. The summed E-state index contributed by atoms with van der Waals surface area (Å²) in [4.78, 5) is 30.9. The van der Waals surface area contributed by atoms with E-state index in [1.807, 2.05) is 0 Å². The van der Waals surface area contributed by atoms with Crippen molar-refractivity contribution < 1.29 is 41.8 Å². The molecule has 0 radical (unpaired) electrons. The number of rotatable bonds is 11. The van der Waals surface area contributed by atoms with Gasteiger partial charge in [-0.3, -0.25) is 9.59 Å². The van der Waals surface area contributed by atoms with Crippen molar-refractivity contribution in [2.45, 2.75) is 31.7 Å². The minimum atomic E-state index is -3.13. The van der Waals surface area contributed by atoms with E-state index >= 15 is 0 Å². The topological polar surface area (TPSA) is 126 Å². The van der Waals surface area contributed by atoms with Crippen molar-refractivity contribution >= 4 is 29.1 Å². The molecule has 0 aliphatic carbocycles. The average molecular weight is 547 g/mol. The number of Topliss-reactive ketones (excluding diaryl/α,β-unsaturated/α-hetero) is 1. The minimum absolute atomic E-state index is 0.0218. The molecule has 1 heterocycles. The number of oxime groups is 1. The number of aliphatic hydroxyl groups excluding tert-OH is 1. The number of halogens is 5. The maximum Gasteiger partial charge on any atom is 0.387 e. The first-order valence-corrected chi connectivity index (χ1v) is 11.2. The number of likely N-dealkylation sites (tertiary alicyclic amines) is 1. The van der Waals surface area contributed by atoms with Gasteiger partial charge < -0.3 is 30.6 Å². The highest BCUT2D eigenvalue weighted by Crippen LogP contribution is 2.30. The molecule has 0 bridgehead atoms. The first kappa shape index (κ1) is 28.2. The number of amides is 1. The van der Waals surface area contributed by atoms with E-state index in [0.717, 1.165) is 29.2 Å². The molecule has 2 unspecified atom stereocenters. The average Bonchev–Trinajstić information content (AvgIpc) is 2.78. The van der Waals surface area contributed by atoms with Gasteiger partial charge in [0.15, 0.2) is 17.7 Å². The van der Waals surface area contributed by atoms with Gasteiger partial charge in [-0.05, 0) is 42.3 Å². The third kappa shape index (κ3) is 6.87. The van der Waals surface area contributed by atoms with E-state index in [0.29, 0.717) is 6.42 Å². The van der Waals surface area contributed by atoms with Crippen molar-refractivity contribution in [1.29, 1.82) is 0 Å². The summed E-state index contributed by atoms with van der Waals surface area (Å²) in [5, 5.41) is 16.5. The summed E-state index contributed by atoms with van der Waals surface area (Å²) in [6.07, 6.45) is -1.47. The number of nitrogens with zero attached hydrogens (tertiary/aromatic N) is 2. The Morgan fingerprint density at radius 2 is 1.92 bits per heavy atom. The number of alkyl halides is 2. The number of carbonyl (C=O) groups excluding carboxylic acids is 2. The third-order valence-corrected chi connectivity index (χ3v) is 5.79. The first-order chi connectivity index (χ1) is 17.5. The number of nitrogens with one attached hydrogen (secondary N) is 1. The van der Waals surface area contributed by atoms with E-state index < -0.39 is 42.1 Å². The Kier molecular flexibility index (Phi) is 9.29. The second kappa shape index (κ2) is 12.2. The van der Waals surface area contributed by atoms with Crippen LogP contribution in [0.25, 0.3) is 0 Å². The van der Waals surface area contributed by atoms with Gasteiger partial charge in [-0.1, -0.05) is 16.8 Å². The first-order valence-electron chi connectivity index (χ1n) is 10.8. The maximum atomic E-state index is 14.4. The lowest BCUT2D eigenvalue weighted by atomic mass is 9.96. The van der Waals surface area contributed by atoms with Crippen LogP contribution in [0, 0.1) is 11.6 Å². The summed E-state index contributed by atoms with van der Waals surface area (Å²) in [6.45, 7) is -3.61. The summed E-state index contributed by atoms with van der Waals surface area (Å²) in [5.41, 5.74) is 5.11. The fourth-order valence-corrected chi connectivity index (χ4v) is 3.93. The van der Waals surface area contributed by atoms with Gasteiger partial charge in [0.05, 0.1) is 12.6 Å². The summed E-state index contributed by atoms with van der Waals surface area (Å²) in [5.74, 6) is -3.67. The zero-order valence-electron chi connectivity index (χ0n) is 19.4. The van der Waals surface area contributed by atoms with E-state index in [1.54, 1.807) is 0 Å². The van der Waals surface area contributed by atoms with Crippen LogP contribution in [0.15, 0.2) is 35.5 Å². The molecular weight excluding hydrogens is 524 g/mol. The lowest BCUT2D eigenvalue weighted by Crippen LogP contribution is -2.58. The summed E-state index contributed by atoms with van der Waals surface area (Å²) in [7, 11) is 1.23. The van der Waals surface area contributed by atoms with Crippen molar-refractivity contribution in [2.75, 3.05) is 20.2 Å². The molecule has 4 N–H and O–H groups in total. The Hall–Kier alpha value is -3.42. The van der Waals surface area contributed by atoms with Crippen LogP contribution in [0.3, 0.4) is 0 Å². The van der Waals surface area contributed by atoms with Crippen molar-refractivity contribution in [2.24, 2.45) is 10.9 Å². The molecule has 1 aliphatic heterocycles. The Balaban J connectivity index is 1.59. The van der Waals surface area contributed by atoms with Crippen LogP contribution >= 0.6 is 11.6 Å². The smallest absolute Gasteiger partial charge is 0.387 e. The molecule has 1 fully saturated rings. The fourth-order valence-electron chi connectivity index (χ4n) is 3.70. The van der Waals surface area contributed by atoms with Crippen LogP contribution in [0.2, 0.25) is 5.02 Å². The van der Waals surface area contributed by atoms with Crippen molar-refractivity contribution in [3.8, 4) is 5.75 Å². The molecule has 1 amide bonds. The van der Waals surface area contributed by atoms with Crippen molar-refractivity contribution in [1.82, 2.24) is 10.2 Å². The molecule has 200 valence electrons. The SMILES string of the molecule is CO/N=C(\N)c1cc(F)c(CNCC(=O)C2CCN2C(=O)C(O)c2cc(Cl)cc(OC(F)F)c2)c(F)c1. The molecule has 9 nitrogen and oxygen atoms in total. The Bertz CT molecular complexity index is 1180. The van der Waals surface area contributed by atoms with E-state index in [-0.39, 0.29) is 52.9 Å². The van der Waals surface area contributed by atoms with Crippen LogP contribution in [0.1, 0.15) is 29.2 Å². The molecular formula is C23H23ClF4N4O5. The number of aliphatic hydroxyl groups is 1. The number of amidine groups is 1. The van der Waals surface area contributed by atoms with Gasteiger partial charge in [-0.15, -0.1) is 0 Å². The molecule has 3 rings (SSSR count). The van der Waals surface area contributed by atoms with Crippen LogP contribution in [0.4, 0.5) is 17.6 Å². The number of hydrogen-bond acceptors (Lipinski definition) is 7. The van der Waals surface area contributed by atoms with Gasteiger partial charge in [-0.25, -0.2) is 8.78 Å². The van der Waals surface area contributed by atoms with E-state index in [9.17, 15) is 32.3 Å². The highest BCUT2D eigenvalue weighted by molar-refractivity contribution is 6.30. The molecule has 2 aromatic carbocycles. The largest absolute Gasteiger partial charge is 0.435 e. The minimum Gasteiger partial charge on any atom is -0.435 e. The highest BCUT2D eigenvalue weighted by Gasteiger charge is 2.39. The number of benzene rings is 2. The van der Waals surface area contributed by atoms with Gasteiger partial charge in [-0.2, -0.15) is 8.78 Å². The van der Waals surface area contributed by atoms with Crippen molar-refractivity contribution in [3.05, 3.63) is 63.7 Å². The van der Waals surface area contributed by atoms with Crippen LogP contribution in [-0.4, -0.2) is 60.4 Å². The zero-order chi connectivity index (χ0) is 27.3. The molecule has 14 heteroatoms. The standard InChI is InChI=1S/C23H23ClF4N4O5/c1-36-31-21(29)12-6-16(25)15(17(26)7-12)9-30-10-19(33)18-2-3-32(18)22(35)20(34)11-4-13(24)8-14(5-11)37-23(27)28/h4-8,18,20,23,30,34H,2-3,9-10H2,1H3,(H2,29,31).